The molecule has 3 atom stereocenters. The van der Waals surface area contributed by atoms with Crippen LogP contribution in [0.1, 0.15) is 213 Å². The van der Waals surface area contributed by atoms with Gasteiger partial charge in [-0.2, -0.15) is 0 Å². The van der Waals surface area contributed by atoms with Crippen molar-refractivity contribution >= 4 is 25.7 Å². The lowest BCUT2D eigenvalue weighted by molar-refractivity contribution is -0.147. The van der Waals surface area contributed by atoms with E-state index in [1.165, 1.54) is 109 Å². The number of phosphoric acid groups is 1. The first-order valence-corrected chi connectivity index (χ1v) is 24.4. The first-order valence-electron chi connectivity index (χ1n) is 22.9. The van der Waals surface area contributed by atoms with Gasteiger partial charge in [0.05, 0.1) is 13.2 Å². The highest BCUT2D eigenvalue weighted by Gasteiger charge is 2.28. The molecule has 0 saturated heterocycles. The number of aliphatic hydroxyl groups is 1. The molecular weight excluding hydrogens is 745 g/mol. The van der Waals surface area contributed by atoms with Gasteiger partial charge in [0.2, 0.25) is 5.91 Å². The van der Waals surface area contributed by atoms with Crippen molar-refractivity contribution in [3.63, 3.8) is 0 Å². The van der Waals surface area contributed by atoms with Crippen molar-refractivity contribution in [3.05, 3.63) is 24.3 Å². The maximum Gasteiger partial charge on any atom is 0.472 e. The smallest absolute Gasteiger partial charge is 0.472 e. The molecule has 4 N–H and O–H groups in total. The van der Waals surface area contributed by atoms with Crippen molar-refractivity contribution in [1.29, 1.82) is 0 Å². The zero-order valence-electron chi connectivity index (χ0n) is 36.2. The highest BCUT2D eigenvalue weighted by molar-refractivity contribution is 7.47. The molecule has 57 heavy (non-hydrogen) atoms. The Labute approximate surface area is 347 Å². The predicted octanol–water partition coefficient (Wildman–Crippen LogP) is 11.8. The summed E-state index contributed by atoms with van der Waals surface area (Å²) in [6.45, 7) is 2.59. The first-order chi connectivity index (χ1) is 27.6. The van der Waals surface area contributed by atoms with Crippen LogP contribution in [0.3, 0.4) is 0 Å². The number of carbonyl (C=O) groups excluding carboxylic acids is 2. The Hall–Kier alpha value is -2.04. The molecule has 0 spiro atoms. The lowest BCUT2D eigenvalue weighted by atomic mass is 10.1. The van der Waals surface area contributed by atoms with Crippen LogP contribution in [-0.4, -0.2) is 64.9 Å². The lowest BCUT2D eigenvalue weighted by Crippen LogP contribution is -2.43. The number of carboxylic acids is 1. The summed E-state index contributed by atoms with van der Waals surface area (Å²) in [6.07, 6.45) is 42.0. The molecule has 0 aliphatic rings. The van der Waals surface area contributed by atoms with Crippen LogP contribution in [0.25, 0.3) is 0 Å². The van der Waals surface area contributed by atoms with E-state index in [0.29, 0.717) is 12.8 Å². The highest BCUT2D eigenvalue weighted by atomic mass is 31.2. The number of nitrogens with one attached hydrogen (secondary N) is 1. The molecule has 0 aliphatic carbocycles. The van der Waals surface area contributed by atoms with E-state index in [-0.39, 0.29) is 12.8 Å². The monoisotopic (exact) mass is 830 g/mol. The topological polar surface area (TPSA) is 169 Å². The number of hydrogen-bond acceptors (Lipinski definition) is 8. The van der Waals surface area contributed by atoms with Crippen molar-refractivity contribution in [3.8, 4) is 0 Å². The molecule has 0 rings (SSSR count). The van der Waals surface area contributed by atoms with Gasteiger partial charge in [0, 0.05) is 12.8 Å². The maximum atomic E-state index is 12.3. The van der Waals surface area contributed by atoms with Crippen LogP contribution in [0.2, 0.25) is 0 Å². The number of esters is 1. The van der Waals surface area contributed by atoms with Crippen LogP contribution in [0, 0.1) is 0 Å². The fourth-order valence-electron chi connectivity index (χ4n) is 6.36. The molecule has 0 aliphatic heterocycles. The van der Waals surface area contributed by atoms with E-state index in [4.69, 9.17) is 13.8 Å². The van der Waals surface area contributed by atoms with E-state index in [0.717, 1.165) is 64.2 Å². The van der Waals surface area contributed by atoms with Crippen molar-refractivity contribution in [2.75, 3.05) is 19.8 Å². The van der Waals surface area contributed by atoms with Gasteiger partial charge in [-0.3, -0.25) is 18.6 Å². The normalized spacial score (nSPS) is 13.9. The van der Waals surface area contributed by atoms with Gasteiger partial charge in [0.15, 0.2) is 6.04 Å². The molecule has 0 fully saturated rings. The van der Waals surface area contributed by atoms with Crippen molar-refractivity contribution in [2.24, 2.45) is 0 Å². The number of aliphatic carboxylic acids is 1. The number of aliphatic hydroxyl groups excluding tert-OH is 1. The molecule has 12 heteroatoms. The van der Waals surface area contributed by atoms with Crippen LogP contribution in [0.4, 0.5) is 0 Å². The largest absolute Gasteiger partial charge is 0.480 e. The SMILES string of the molecule is CCCCCCCC/C=C\CCCCCCCC(=O)NC(COP(=O)(O)OCC(O)COC(=O)CCCCCCCCC/C=C\CCCCCCCCC)C(=O)O. The summed E-state index contributed by atoms with van der Waals surface area (Å²) in [4.78, 5) is 45.9. The zero-order chi connectivity index (χ0) is 42.1. The first kappa shape index (κ1) is 55.0. The summed E-state index contributed by atoms with van der Waals surface area (Å²) in [7, 11) is -4.76. The third-order valence-corrected chi connectivity index (χ3v) is 10.9. The molecule has 0 heterocycles. The maximum absolute atomic E-state index is 12.3. The standard InChI is InChI=1S/C45H84NO10P/c1-3-5-7-9-11-13-15-17-19-20-21-23-25-27-29-31-33-35-37-44(49)54-38-41(47)39-55-57(52,53)56-40-42(45(50)51)46-43(48)36-34-32-30-28-26-24-22-18-16-14-12-10-8-6-4-2/h18-20,22,41-42,47H,3-17,21,23-40H2,1-2H3,(H,46,48)(H,50,51)(H,52,53)/b20-19-,22-18-. The van der Waals surface area contributed by atoms with Gasteiger partial charge in [-0.25, -0.2) is 9.36 Å². The predicted molar refractivity (Wildman–Crippen MR) is 231 cm³/mol. The number of unbranched alkanes of at least 4 members (excludes halogenated alkanes) is 25. The molecule has 1 amide bonds. The van der Waals surface area contributed by atoms with Gasteiger partial charge in [0.1, 0.15) is 12.7 Å². The van der Waals surface area contributed by atoms with Gasteiger partial charge in [0.25, 0.3) is 0 Å². The van der Waals surface area contributed by atoms with Crippen LogP contribution < -0.4 is 5.32 Å². The fourth-order valence-corrected chi connectivity index (χ4v) is 7.14. The quantitative estimate of drug-likeness (QED) is 0.0201. The average Bonchev–Trinajstić information content (AvgIpc) is 3.18. The van der Waals surface area contributed by atoms with Gasteiger partial charge in [-0.1, -0.05) is 160 Å². The average molecular weight is 830 g/mol. The lowest BCUT2D eigenvalue weighted by Gasteiger charge is -2.18. The number of carboxylic acid groups (broad SMARTS) is 1. The number of ether oxygens (including phenoxy) is 1. The second-order valence-electron chi connectivity index (χ2n) is 15.6. The minimum atomic E-state index is -4.76. The summed E-state index contributed by atoms with van der Waals surface area (Å²) in [6, 6.07) is -1.55. The Balaban J connectivity index is 3.88. The second-order valence-corrected chi connectivity index (χ2v) is 17.0. The summed E-state index contributed by atoms with van der Waals surface area (Å²) >= 11 is 0. The van der Waals surface area contributed by atoms with E-state index in [2.05, 4.69) is 43.5 Å². The third kappa shape index (κ3) is 40.5. The molecule has 334 valence electrons. The summed E-state index contributed by atoms with van der Waals surface area (Å²) in [5, 5.41) is 21.8. The Morgan fingerprint density at radius 1 is 0.544 bits per heavy atom. The number of hydrogen-bond donors (Lipinski definition) is 4. The number of amides is 1. The van der Waals surface area contributed by atoms with Gasteiger partial charge < -0.3 is 25.2 Å². The van der Waals surface area contributed by atoms with E-state index >= 15 is 0 Å². The van der Waals surface area contributed by atoms with E-state index in [1.54, 1.807) is 0 Å². The minimum absolute atomic E-state index is 0.137. The molecular formula is C45H84NO10P. The highest BCUT2D eigenvalue weighted by Crippen LogP contribution is 2.43. The molecule has 0 radical (unpaired) electrons. The van der Waals surface area contributed by atoms with Crippen LogP contribution in [0.5, 0.6) is 0 Å². The Bertz CT molecular complexity index is 1070. The number of allylic oxidation sites excluding steroid dienone is 4. The fraction of sp³-hybridized carbons (Fsp3) is 0.844. The molecule has 0 aromatic carbocycles. The molecule has 0 bridgehead atoms. The molecule has 0 aromatic rings. The molecule has 0 saturated carbocycles. The summed E-state index contributed by atoms with van der Waals surface area (Å²) in [5.41, 5.74) is 0. The minimum Gasteiger partial charge on any atom is -0.480 e. The van der Waals surface area contributed by atoms with Gasteiger partial charge in [-0.05, 0) is 64.2 Å². The van der Waals surface area contributed by atoms with E-state index < -0.39 is 57.6 Å². The van der Waals surface area contributed by atoms with Crippen LogP contribution >= 0.6 is 7.82 Å². The number of phosphoric ester groups is 1. The van der Waals surface area contributed by atoms with Crippen LogP contribution in [-0.2, 0) is 32.7 Å². The third-order valence-electron chi connectivity index (χ3n) is 9.96. The van der Waals surface area contributed by atoms with E-state index in [1.807, 2.05) is 0 Å². The summed E-state index contributed by atoms with van der Waals surface area (Å²) < 4.78 is 26.8. The van der Waals surface area contributed by atoms with Gasteiger partial charge in [-0.15, -0.1) is 0 Å². The Kier molecular flexibility index (Phi) is 39.3. The molecule has 0 aromatic heterocycles. The molecule has 11 nitrogen and oxygen atoms in total. The molecule has 3 unspecified atom stereocenters. The Morgan fingerprint density at radius 2 is 0.912 bits per heavy atom. The Morgan fingerprint density at radius 3 is 1.33 bits per heavy atom. The van der Waals surface area contributed by atoms with Gasteiger partial charge >= 0.3 is 19.8 Å². The zero-order valence-corrected chi connectivity index (χ0v) is 37.0. The second kappa shape index (κ2) is 40.7. The van der Waals surface area contributed by atoms with E-state index in [9.17, 15) is 34.1 Å². The number of rotatable bonds is 43. The van der Waals surface area contributed by atoms with Crippen molar-refractivity contribution in [2.45, 2.75) is 225 Å². The summed E-state index contributed by atoms with van der Waals surface area (Å²) in [5.74, 6) is -2.38. The van der Waals surface area contributed by atoms with Crippen molar-refractivity contribution < 1.29 is 47.8 Å². The number of carbonyl (C=O) groups is 3. The van der Waals surface area contributed by atoms with Crippen molar-refractivity contribution in [1.82, 2.24) is 5.32 Å². The van der Waals surface area contributed by atoms with Crippen LogP contribution in [0.15, 0.2) is 24.3 Å².